The van der Waals surface area contributed by atoms with Crippen LogP contribution in [-0.4, -0.2) is 20.9 Å². The number of anilines is 2. The molecule has 0 atom stereocenters. The van der Waals surface area contributed by atoms with Gasteiger partial charge in [-0.05, 0) is 55.5 Å². The van der Waals surface area contributed by atoms with Crippen LogP contribution in [0.5, 0.6) is 0 Å². The minimum absolute atomic E-state index is 0.0727. The first-order valence-corrected chi connectivity index (χ1v) is 10.6. The number of furan rings is 1. The summed E-state index contributed by atoms with van der Waals surface area (Å²) in [5, 5.41) is 2.70. The van der Waals surface area contributed by atoms with Crippen molar-refractivity contribution in [3.05, 3.63) is 83.8 Å². The minimum Gasteiger partial charge on any atom is -0.465 e. The molecule has 6 nitrogen and oxygen atoms in total. The van der Waals surface area contributed by atoms with Gasteiger partial charge in [-0.25, -0.2) is 8.42 Å². The van der Waals surface area contributed by atoms with Crippen molar-refractivity contribution >= 4 is 45.0 Å². The Labute approximate surface area is 174 Å². The highest BCUT2D eigenvalue weighted by atomic mass is 35.5. The summed E-state index contributed by atoms with van der Waals surface area (Å²) in [5.74, 6) is 0.100. The molecule has 0 aliphatic rings. The third-order valence-electron chi connectivity index (χ3n) is 4.04. The Morgan fingerprint density at radius 3 is 2.55 bits per heavy atom. The molecule has 1 amide bonds. The number of carbonyl (C=O) groups is 1. The van der Waals surface area contributed by atoms with Gasteiger partial charge in [0.2, 0.25) is 5.91 Å². The van der Waals surface area contributed by atoms with Crippen molar-refractivity contribution < 1.29 is 17.6 Å². The normalized spacial score (nSPS) is 11.5. The first kappa shape index (κ1) is 20.7. The van der Waals surface area contributed by atoms with Gasteiger partial charge < -0.3 is 9.73 Å². The van der Waals surface area contributed by atoms with Crippen LogP contribution in [0.15, 0.2) is 82.3 Å². The second kappa shape index (κ2) is 8.98. The number of halogens is 1. The van der Waals surface area contributed by atoms with Crippen LogP contribution >= 0.6 is 11.6 Å². The summed E-state index contributed by atoms with van der Waals surface area (Å²) in [4.78, 5) is 12.0. The Bertz CT molecular complexity index is 1110. The van der Waals surface area contributed by atoms with Crippen LogP contribution in [0.2, 0.25) is 5.02 Å². The molecule has 0 saturated heterocycles. The van der Waals surface area contributed by atoms with E-state index in [4.69, 9.17) is 16.0 Å². The highest BCUT2D eigenvalue weighted by molar-refractivity contribution is 7.93. The van der Waals surface area contributed by atoms with Gasteiger partial charge in [-0.1, -0.05) is 29.8 Å². The average molecular weight is 431 g/mol. The van der Waals surface area contributed by atoms with Crippen molar-refractivity contribution in [3.63, 3.8) is 0 Å². The second-order valence-electron chi connectivity index (χ2n) is 5.99. The van der Waals surface area contributed by atoms with E-state index in [-0.39, 0.29) is 16.5 Å². The highest BCUT2D eigenvalue weighted by Gasteiger charge is 2.26. The summed E-state index contributed by atoms with van der Waals surface area (Å²) in [7, 11) is -3.92. The summed E-state index contributed by atoms with van der Waals surface area (Å²) < 4.78 is 32.8. The number of nitrogens with zero attached hydrogens (tertiary/aromatic N) is 1. The summed E-state index contributed by atoms with van der Waals surface area (Å²) in [5.41, 5.74) is 0.841. The van der Waals surface area contributed by atoms with Crippen LogP contribution in [0, 0.1) is 0 Å². The van der Waals surface area contributed by atoms with E-state index in [0.717, 1.165) is 0 Å². The molecule has 0 saturated carbocycles. The number of benzene rings is 2. The molecule has 29 heavy (non-hydrogen) atoms. The molecule has 1 aromatic heterocycles. The van der Waals surface area contributed by atoms with E-state index in [1.807, 2.05) is 6.07 Å². The largest absolute Gasteiger partial charge is 0.465 e. The van der Waals surface area contributed by atoms with Gasteiger partial charge in [0.1, 0.15) is 10.7 Å². The van der Waals surface area contributed by atoms with Crippen molar-refractivity contribution in [1.29, 1.82) is 0 Å². The van der Waals surface area contributed by atoms with E-state index < -0.39 is 15.9 Å². The number of rotatable bonds is 7. The van der Waals surface area contributed by atoms with E-state index in [2.05, 4.69) is 5.32 Å². The Morgan fingerprint density at radius 1 is 1.14 bits per heavy atom. The molecular weight excluding hydrogens is 412 g/mol. The maximum Gasteiger partial charge on any atom is 0.265 e. The van der Waals surface area contributed by atoms with Crippen molar-refractivity contribution in [2.24, 2.45) is 0 Å². The number of sulfonamides is 1. The van der Waals surface area contributed by atoms with Crippen LogP contribution in [0.4, 0.5) is 11.4 Å². The summed E-state index contributed by atoms with van der Waals surface area (Å²) in [6, 6.07) is 16.5. The van der Waals surface area contributed by atoms with Crippen molar-refractivity contribution in [2.45, 2.75) is 11.8 Å². The standard InChI is InChI=1S/C21H19ClN2O4S/c1-2-24(17-7-4-3-5-8-17)29(26,27)20-15-16(10-12-19(20)22)23-21(25)13-11-18-9-6-14-28-18/h3-15H,2H2,1H3,(H,23,25)/b13-11+. The van der Waals surface area contributed by atoms with Gasteiger partial charge >= 0.3 is 0 Å². The summed E-state index contributed by atoms with van der Waals surface area (Å²) in [6.07, 6.45) is 4.31. The van der Waals surface area contributed by atoms with E-state index in [0.29, 0.717) is 17.1 Å². The van der Waals surface area contributed by atoms with E-state index in [1.165, 1.54) is 34.9 Å². The number of para-hydroxylation sites is 1. The van der Waals surface area contributed by atoms with Crippen molar-refractivity contribution in [1.82, 2.24) is 0 Å². The maximum absolute atomic E-state index is 13.2. The van der Waals surface area contributed by atoms with Crippen LogP contribution in [0.1, 0.15) is 12.7 Å². The van der Waals surface area contributed by atoms with Crippen LogP contribution in [0.25, 0.3) is 6.08 Å². The lowest BCUT2D eigenvalue weighted by Crippen LogP contribution is -2.31. The molecule has 1 heterocycles. The van der Waals surface area contributed by atoms with E-state index >= 15 is 0 Å². The number of hydrogen-bond acceptors (Lipinski definition) is 4. The summed E-state index contributed by atoms with van der Waals surface area (Å²) in [6.45, 7) is 1.97. The van der Waals surface area contributed by atoms with Crippen LogP contribution in [-0.2, 0) is 14.8 Å². The zero-order valence-corrected chi connectivity index (χ0v) is 17.2. The quantitative estimate of drug-likeness (QED) is 0.546. The lowest BCUT2D eigenvalue weighted by atomic mass is 10.3. The molecule has 0 aliphatic heterocycles. The molecule has 150 valence electrons. The van der Waals surface area contributed by atoms with Crippen molar-refractivity contribution in [3.8, 4) is 0 Å². The fourth-order valence-electron chi connectivity index (χ4n) is 2.71. The van der Waals surface area contributed by atoms with Gasteiger partial charge in [0.25, 0.3) is 10.0 Å². The summed E-state index contributed by atoms with van der Waals surface area (Å²) >= 11 is 6.19. The predicted molar refractivity (Wildman–Crippen MR) is 114 cm³/mol. The Hall–Kier alpha value is -3.03. The fourth-order valence-corrected chi connectivity index (χ4v) is 4.69. The molecular formula is C21H19ClN2O4S. The van der Waals surface area contributed by atoms with Crippen LogP contribution < -0.4 is 9.62 Å². The zero-order chi connectivity index (χ0) is 20.9. The lowest BCUT2D eigenvalue weighted by molar-refractivity contribution is -0.111. The molecule has 8 heteroatoms. The van der Waals surface area contributed by atoms with Gasteiger partial charge in [-0.3, -0.25) is 9.10 Å². The average Bonchev–Trinajstić information content (AvgIpc) is 3.23. The number of hydrogen-bond donors (Lipinski definition) is 1. The van der Waals surface area contributed by atoms with E-state index in [1.54, 1.807) is 49.4 Å². The van der Waals surface area contributed by atoms with Gasteiger partial charge in [-0.2, -0.15) is 0 Å². The second-order valence-corrected chi connectivity index (χ2v) is 8.23. The monoisotopic (exact) mass is 430 g/mol. The molecule has 3 aromatic rings. The Morgan fingerprint density at radius 2 is 1.90 bits per heavy atom. The molecule has 0 radical (unpaired) electrons. The molecule has 0 spiro atoms. The first-order chi connectivity index (χ1) is 13.9. The van der Waals surface area contributed by atoms with Crippen LogP contribution in [0.3, 0.4) is 0 Å². The van der Waals surface area contributed by atoms with Gasteiger partial charge in [0.15, 0.2) is 0 Å². The zero-order valence-electron chi connectivity index (χ0n) is 15.6. The fraction of sp³-hybridized carbons (Fsp3) is 0.0952. The molecule has 0 fully saturated rings. The molecule has 1 N–H and O–H groups in total. The molecule has 3 rings (SSSR count). The lowest BCUT2D eigenvalue weighted by Gasteiger charge is -2.23. The molecule has 0 unspecified atom stereocenters. The Kier molecular flexibility index (Phi) is 6.41. The predicted octanol–water partition coefficient (Wildman–Crippen LogP) is 4.80. The molecule has 0 bridgehead atoms. The van der Waals surface area contributed by atoms with Crippen molar-refractivity contribution in [2.75, 3.05) is 16.2 Å². The third kappa shape index (κ3) is 4.88. The number of nitrogens with one attached hydrogen (secondary N) is 1. The number of amides is 1. The molecule has 0 aliphatic carbocycles. The first-order valence-electron chi connectivity index (χ1n) is 8.81. The Balaban J connectivity index is 1.87. The van der Waals surface area contributed by atoms with Gasteiger partial charge in [-0.15, -0.1) is 0 Å². The molecule has 2 aromatic carbocycles. The maximum atomic E-state index is 13.2. The topological polar surface area (TPSA) is 79.6 Å². The minimum atomic E-state index is -3.92. The number of carbonyl (C=O) groups excluding carboxylic acids is 1. The van der Waals surface area contributed by atoms with Gasteiger partial charge in [0.05, 0.1) is 17.0 Å². The highest BCUT2D eigenvalue weighted by Crippen LogP contribution is 2.30. The van der Waals surface area contributed by atoms with E-state index in [9.17, 15) is 13.2 Å². The SMILES string of the molecule is CCN(c1ccccc1)S(=O)(=O)c1cc(NC(=O)/C=C/c2ccco2)ccc1Cl. The van der Waals surface area contributed by atoms with Gasteiger partial charge in [0, 0.05) is 18.3 Å². The smallest absolute Gasteiger partial charge is 0.265 e. The third-order valence-corrected chi connectivity index (χ3v) is 6.42.